The normalized spacial score (nSPS) is 21.8. The fourth-order valence-electron chi connectivity index (χ4n) is 3.12. The van der Waals surface area contributed by atoms with Gasteiger partial charge in [-0.1, -0.05) is 12.1 Å². The molecule has 0 radical (unpaired) electrons. The molecule has 4 heteroatoms. The summed E-state index contributed by atoms with van der Waals surface area (Å²) in [6.07, 6.45) is 2.15. The SMILES string of the molecule is CC1=C(C#N)[C@H](c2ccc(F)cc2)C2=C(CCCC2=O)N1. The van der Waals surface area contributed by atoms with Gasteiger partial charge in [-0.3, -0.25) is 4.79 Å². The van der Waals surface area contributed by atoms with Crippen LogP contribution in [0.4, 0.5) is 4.39 Å². The first-order valence-corrected chi connectivity index (χ1v) is 7.01. The highest BCUT2D eigenvalue weighted by atomic mass is 19.1. The van der Waals surface area contributed by atoms with Crippen molar-refractivity contribution >= 4 is 5.78 Å². The second-order valence-electron chi connectivity index (χ2n) is 5.43. The molecule has 1 heterocycles. The average Bonchev–Trinajstić information content (AvgIpc) is 2.47. The van der Waals surface area contributed by atoms with E-state index in [1.54, 1.807) is 12.1 Å². The first-order chi connectivity index (χ1) is 10.1. The summed E-state index contributed by atoms with van der Waals surface area (Å²) in [5.41, 5.74) is 3.69. The van der Waals surface area contributed by atoms with Crippen LogP contribution in [0.5, 0.6) is 0 Å². The number of Topliss-reactive ketones (excluding diaryl/α,β-unsaturated/α-hetero) is 1. The summed E-state index contributed by atoms with van der Waals surface area (Å²) in [7, 11) is 0. The maximum Gasteiger partial charge on any atom is 0.161 e. The summed E-state index contributed by atoms with van der Waals surface area (Å²) in [5, 5.41) is 12.7. The Bertz CT molecular complexity index is 707. The minimum atomic E-state index is -0.375. The van der Waals surface area contributed by atoms with E-state index in [4.69, 9.17) is 0 Å². The molecule has 1 atom stereocenters. The minimum Gasteiger partial charge on any atom is -0.361 e. The molecular weight excluding hydrogens is 267 g/mol. The summed E-state index contributed by atoms with van der Waals surface area (Å²) in [4.78, 5) is 12.3. The van der Waals surface area contributed by atoms with Crippen LogP contribution in [0.1, 0.15) is 37.7 Å². The van der Waals surface area contributed by atoms with Gasteiger partial charge in [0.1, 0.15) is 5.82 Å². The maximum atomic E-state index is 13.2. The number of ketones is 1. The number of nitrogens with one attached hydrogen (secondary N) is 1. The molecule has 0 saturated carbocycles. The van der Waals surface area contributed by atoms with Crippen molar-refractivity contribution in [3.8, 4) is 6.07 Å². The first kappa shape index (κ1) is 13.6. The summed E-state index contributed by atoms with van der Waals surface area (Å²) in [6.45, 7) is 1.85. The quantitative estimate of drug-likeness (QED) is 0.859. The van der Waals surface area contributed by atoms with Gasteiger partial charge in [-0.25, -0.2) is 4.39 Å². The Morgan fingerprint density at radius 3 is 2.67 bits per heavy atom. The highest BCUT2D eigenvalue weighted by Gasteiger charge is 2.35. The molecular formula is C17H15FN2O. The number of halogens is 1. The van der Waals surface area contributed by atoms with E-state index in [1.807, 2.05) is 6.92 Å². The lowest BCUT2D eigenvalue weighted by atomic mass is 9.76. The van der Waals surface area contributed by atoms with Gasteiger partial charge in [-0.15, -0.1) is 0 Å². The van der Waals surface area contributed by atoms with Crippen molar-refractivity contribution in [1.29, 1.82) is 5.26 Å². The van der Waals surface area contributed by atoms with E-state index < -0.39 is 0 Å². The number of nitriles is 1. The summed E-state index contributed by atoms with van der Waals surface area (Å²) in [5.74, 6) is -0.617. The van der Waals surface area contributed by atoms with Crippen LogP contribution in [0, 0.1) is 17.1 Å². The molecule has 1 aromatic rings. The van der Waals surface area contributed by atoms with E-state index in [2.05, 4.69) is 11.4 Å². The van der Waals surface area contributed by atoms with Crippen molar-refractivity contribution in [3.05, 3.63) is 58.2 Å². The van der Waals surface area contributed by atoms with Crippen molar-refractivity contribution in [2.45, 2.75) is 32.1 Å². The van der Waals surface area contributed by atoms with Crippen molar-refractivity contribution in [1.82, 2.24) is 5.32 Å². The van der Waals surface area contributed by atoms with Gasteiger partial charge in [0.2, 0.25) is 0 Å². The number of dihydropyridines is 1. The van der Waals surface area contributed by atoms with E-state index in [0.717, 1.165) is 29.8 Å². The molecule has 0 unspecified atom stereocenters. The predicted octanol–water partition coefficient (Wildman–Crippen LogP) is 3.32. The topological polar surface area (TPSA) is 52.9 Å². The van der Waals surface area contributed by atoms with E-state index in [-0.39, 0.29) is 17.5 Å². The van der Waals surface area contributed by atoms with Gasteiger partial charge in [0, 0.05) is 23.4 Å². The molecule has 3 rings (SSSR count). The molecule has 3 nitrogen and oxygen atoms in total. The second kappa shape index (κ2) is 5.17. The zero-order chi connectivity index (χ0) is 15.0. The number of carbonyl (C=O) groups is 1. The van der Waals surface area contributed by atoms with Crippen molar-refractivity contribution in [3.63, 3.8) is 0 Å². The standard InChI is InChI=1S/C17H15FN2O/c1-10-13(9-19)16(11-5-7-12(18)8-6-11)17-14(20-10)3-2-4-15(17)21/h5-8,16,20H,2-4H2,1H3/t16-/m0/s1. The molecule has 1 aliphatic heterocycles. The molecule has 1 aliphatic carbocycles. The smallest absolute Gasteiger partial charge is 0.161 e. The highest BCUT2D eigenvalue weighted by molar-refractivity contribution is 5.99. The van der Waals surface area contributed by atoms with Crippen LogP contribution in [-0.2, 0) is 4.79 Å². The van der Waals surface area contributed by atoms with Crippen molar-refractivity contribution in [2.75, 3.05) is 0 Å². The fraction of sp³-hybridized carbons (Fsp3) is 0.294. The molecule has 0 saturated heterocycles. The molecule has 106 valence electrons. The minimum absolute atomic E-state index is 0.0818. The Labute approximate surface area is 122 Å². The molecule has 0 bridgehead atoms. The third kappa shape index (κ3) is 2.25. The van der Waals surface area contributed by atoms with Crippen LogP contribution >= 0.6 is 0 Å². The van der Waals surface area contributed by atoms with Crippen molar-refractivity contribution in [2.24, 2.45) is 0 Å². The van der Waals surface area contributed by atoms with Gasteiger partial charge in [0.25, 0.3) is 0 Å². The van der Waals surface area contributed by atoms with E-state index >= 15 is 0 Å². The third-order valence-electron chi connectivity index (χ3n) is 4.10. The molecule has 0 fully saturated rings. The van der Waals surface area contributed by atoms with E-state index in [0.29, 0.717) is 17.6 Å². The number of carbonyl (C=O) groups excluding carboxylic acids is 1. The monoisotopic (exact) mass is 282 g/mol. The molecule has 1 aromatic carbocycles. The first-order valence-electron chi connectivity index (χ1n) is 7.01. The van der Waals surface area contributed by atoms with E-state index in [1.165, 1.54) is 12.1 Å². The third-order valence-corrected chi connectivity index (χ3v) is 4.10. The number of nitrogens with zero attached hydrogens (tertiary/aromatic N) is 1. The number of hydrogen-bond acceptors (Lipinski definition) is 3. The largest absolute Gasteiger partial charge is 0.361 e. The molecule has 0 spiro atoms. The van der Waals surface area contributed by atoms with Gasteiger partial charge in [0.15, 0.2) is 5.78 Å². The zero-order valence-electron chi connectivity index (χ0n) is 11.7. The summed E-state index contributed by atoms with van der Waals surface area (Å²) in [6, 6.07) is 8.26. The van der Waals surface area contributed by atoms with E-state index in [9.17, 15) is 14.4 Å². The lowest BCUT2D eigenvalue weighted by Gasteiger charge is -2.32. The number of hydrogen-bond donors (Lipinski definition) is 1. The molecule has 2 aliphatic rings. The molecule has 0 amide bonds. The maximum absolute atomic E-state index is 13.2. The van der Waals surface area contributed by atoms with Crippen LogP contribution in [-0.4, -0.2) is 5.78 Å². The summed E-state index contributed by atoms with van der Waals surface area (Å²) < 4.78 is 13.2. The molecule has 0 aromatic heterocycles. The van der Waals surface area contributed by atoms with Gasteiger partial charge in [0.05, 0.1) is 17.6 Å². The van der Waals surface area contributed by atoms with Crippen LogP contribution in [0.25, 0.3) is 0 Å². The molecule has 1 N–H and O–H groups in total. The van der Waals surface area contributed by atoms with Crippen LogP contribution in [0.15, 0.2) is 46.8 Å². The number of allylic oxidation sites excluding steroid dienone is 4. The Morgan fingerprint density at radius 1 is 1.29 bits per heavy atom. The van der Waals surface area contributed by atoms with Crippen molar-refractivity contribution < 1.29 is 9.18 Å². The van der Waals surface area contributed by atoms with Gasteiger partial charge in [-0.05, 0) is 37.5 Å². The lowest BCUT2D eigenvalue weighted by molar-refractivity contribution is -0.116. The predicted molar refractivity (Wildman–Crippen MR) is 76.5 cm³/mol. The Kier molecular flexibility index (Phi) is 3.34. The van der Waals surface area contributed by atoms with Gasteiger partial charge >= 0.3 is 0 Å². The van der Waals surface area contributed by atoms with Crippen LogP contribution in [0.3, 0.4) is 0 Å². The fourth-order valence-corrected chi connectivity index (χ4v) is 3.12. The Morgan fingerprint density at radius 2 is 2.00 bits per heavy atom. The summed E-state index contributed by atoms with van der Waals surface area (Å²) >= 11 is 0. The molecule has 21 heavy (non-hydrogen) atoms. The van der Waals surface area contributed by atoms with Crippen LogP contribution in [0.2, 0.25) is 0 Å². The van der Waals surface area contributed by atoms with Crippen LogP contribution < -0.4 is 5.32 Å². The van der Waals surface area contributed by atoms with Gasteiger partial charge in [-0.2, -0.15) is 5.26 Å². The lowest BCUT2D eigenvalue weighted by Crippen LogP contribution is -2.31. The number of rotatable bonds is 1. The van der Waals surface area contributed by atoms with Gasteiger partial charge < -0.3 is 5.32 Å². The second-order valence-corrected chi connectivity index (χ2v) is 5.43. The average molecular weight is 282 g/mol. The Balaban J connectivity index is 2.17. The Hall–Kier alpha value is -2.41. The zero-order valence-corrected chi connectivity index (χ0v) is 11.7. The number of benzene rings is 1. The highest BCUT2D eigenvalue weighted by Crippen LogP contribution is 2.41.